The Morgan fingerprint density at radius 1 is 0.857 bits per heavy atom. The van der Waals surface area contributed by atoms with Gasteiger partial charge in [0.25, 0.3) is 0 Å². The van der Waals surface area contributed by atoms with Gasteiger partial charge in [0, 0.05) is 17.9 Å². The van der Waals surface area contributed by atoms with E-state index in [1.807, 2.05) is 30.3 Å². The molecule has 11 heteroatoms. The van der Waals surface area contributed by atoms with Crippen LogP contribution >= 0.6 is 35.4 Å². The second kappa shape index (κ2) is 15.9. The number of aryl methyl sites for hydroxylation is 1. The lowest BCUT2D eigenvalue weighted by Gasteiger charge is -2.11. The van der Waals surface area contributed by atoms with E-state index in [9.17, 15) is 14.4 Å². The molecule has 0 spiro atoms. The van der Waals surface area contributed by atoms with Crippen LogP contribution in [0.4, 0.5) is 0 Å². The third-order valence-electron chi connectivity index (χ3n) is 4.54. The van der Waals surface area contributed by atoms with Crippen molar-refractivity contribution in [2.45, 2.75) is 38.5 Å². The zero-order valence-electron chi connectivity index (χ0n) is 19.0. The summed E-state index contributed by atoms with van der Waals surface area (Å²) >= 11 is 16.8. The van der Waals surface area contributed by atoms with Gasteiger partial charge >= 0.3 is 5.97 Å². The minimum Gasteiger partial charge on any atom is -0.492 e. The molecular formula is C24H27Cl2N3O5S. The number of rotatable bonds is 12. The lowest BCUT2D eigenvalue weighted by Crippen LogP contribution is -2.48. The number of ether oxygens (including phenoxy) is 2. The number of benzene rings is 2. The zero-order valence-corrected chi connectivity index (χ0v) is 21.3. The highest BCUT2D eigenvalue weighted by molar-refractivity contribution is 7.80. The first-order valence-corrected chi connectivity index (χ1v) is 12.2. The highest BCUT2D eigenvalue weighted by Crippen LogP contribution is 2.27. The predicted octanol–water partition coefficient (Wildman–Crippen LogP) is 4.13. The summed E-state index contributed by atoms with van der Waals surface area (Å²) in [6, 6.07) is 14.8. The largest absolute Gasteiger partial charge is 0.492 e. The molecule has 188 valence electrons. The van der Waals surface area contributed by atoms with Crippen LogP contribution in [0.1, 0.15) is 37.7 Å². The van der Waals surface area contributed by atoms with Gasteiger partial charge in [0.05, 0.1) is 24.7 Å². The normalized spacial score (nSPS) is 10.2. The number of nitrogens with one attached hydrogen (secondary N) is 3. The smallest absolute Gasteiger partial charge is 0.306 e. The molecule has 0 saturated heterocycles. The Balaban J connectivity index is 1.49. The van der Waals surface area contributed by atoms with E-state index in [-0.39, 0.29) is 36.9 Å². The number of thiocarbonyl (C=S) groups is 1. The van der Waals surface area contributed by atoms with E-state index in [2.05, 4.69) is 16.2 Å². The van der Waals surface area contributed by atoms with Crippen molar-refractivity contribution in [3.8, 4) is 5.75 Å². The Labute approximate surface area is 219 Å². The van der Waals surface area contributed by atoms with Crippen molar-refractivity contribution >= 4 is 58.3 Å². The minimum absolute atomic E-state index is 0.0657. The highest BCUT2D eigenvalue weighted by Gasteiger charge is 2.10. The predicted molar refractivity (Wildman–Crippen MR) is 138 cm³/mol. The van der Waals surface area contributed by atoms with Gasteiger partial charge in [-0.05, 0) is 55.2 Å². The Kier molecular flexibility index (Phi) is 12.9. The fourth-order valence-corrected chi connectivity index (χ4v) is 3.44. The van der Waals surface area contributed by atoms with E-state index in [0.29, 0.717) is 35.2 Å². The maximum Gasteiger partial charge on any atom is 0.306 e. The van der Waals surface area contributed by atoms with Crippen LogP contribution in [-0.4, -0.2) is 36.1 Å². The molecule has 0 aliphatic carbocycles. The van der Waals surface area contributed by atoms with Crippen molar-refractivity contribution in [3.05, 3.63) is 64.1 Å². The Morgan fingerprint density at radius 2 is 1.63 bits per heavy atom. The number of carbonyl (C=O) groups is 3. The Morgan fingerprint density at radius 3 is 2.37 bits per heavy atom. The molecule has 0 aromatic heterocycles. The van der Waals surface area contributed by atoms with Crippen molar-refractivity contribution in [2.75, 3.05) is 13.2 Å². The fraction of sp³-hybridized carbons (Fsp3) is 0.333. The molecule has 0 heterocycles. The van der Waals surface area contributed by atoms with Gasteiger partial charge in [-0.15, -0.1) is 0 Å². The molecule has 0 radical (unpaired) electrons. The van der Waals surface area contributed by atoms with Crippen molar-refractivity contribution in [1.82, 2.24) is 16.2 Å². The van der Waals surface area contributed by atoms with Gasteiger partial charge in [0.1, 0.15) is 5.75 Å². The van der Waals surface area contributed by atoms with Crippen LogP contribution < -0.4 is 20.9 Å². The second-order valence-electron chi connectivity index (χ2n) is 7.39. The topological polar surface area (TPSA) is 106 Å². The summed E-state index contributed by atoms with van der Waals surface area (Å²) in [5.74, 6) is -0.783. The molecule has 0 atom stereocenters. The lowest BCUT2D eigenvalue weighted by molar-refractivity contribution is -0.145. The van der Waals surface area contributed by atoms with Crippen LogP contribution in [0.2, 0.25) is 10.0 Å². The van der Waals surface area contributed by atoms with Gasteiger partial charge in [0.15, 0.2) is 5.11 Å². The third-order valence-corrected chi connectivity index (χ3v) is 5.27. The van der Waals surface area contributed by atoms with Crippen molar-refractivity contribution in [3.63, 3.8) is 0 Å². The molecule has 35 heavy (non-hydrogen) atoms. The third kappa shape index (κ3) is 12.4. The Bertz CT molecular complexity index is 1010. The number of amides is 2. The SMILES string of the molecule is O=C(CCCOc1ccc(Cl)cc1Cl)NNC(=S)NC(=O)CCC(=O)OCCCc1ccccc1. The molecule has 0 aliphatic heterocycles. The minimum atomic E-state index is -0.466. The molecule has 2 aromatic carbocycles. The molecule has 0 aliphatic rings. The monoisotopic (exact) mass is 539 g/mol. The highest BCUT2D eigenvalue weighted by atomic mass is 35.5. The number of halogens is 2. The van der Waals surface area contributed by atoms with Crippen LogP contribution in [0.15, 0.2) is 48.5 Å². The van der Waals surface area contributed by atoms with E-state index in [4.69, 9.17) is 44.9 Å². The maximum absolute atomic E-state index is 11.9. The molecular weight excluding hydrogens is 513 g/mol. The lowest BCUT2D eigenvalue weighted by atomic mass is 10.1. The maximum atomic E-state index is 11.9. The molecule has 2 amide bonds. The molecule has 0 unspecified atom stereocenters. The number of hydrogen-bond acceptors (Lipinski definition) is 6. The number of hydrazine groups is 1. The molecule has 2 aromatic rings. The van der Waals surface area contributed by atoms with Gasteiger partial charge in [-0.1, -0.05) is 53.5 Å². The number of carbonyl (C=O) groups excluding carboxylic acids is 3. The standard InChI is InChI=1S/C24H27Cl2N3O5S/c25-18-10-11-20(19(26)16-18)33-14-5-9-22(31)28-29-24(35)27-21(30)12-13-23(32)34-15-4-8-17-6-2-1-3-7-17/h1-3,6-7,10-11,16H,4-5,8-9,12-15H2,(H,28,31)(H2,27,29,30,35). The zero-order chi connectivity index (χ0) is 25.5. The van der Waals surface area contributed by atoms with Crippen LogP contribution in [0.3, 0.4) is 0 Å². The van der Waals surface area contributed by atoms with Crippen LogP contribution in [-0.2, 0) is 25.5 Å². The first kappa shape index (κ1) is 28.4. The van der Waals surface area contributed by atoms with Gasteiger partial charge in [-0.25, -0.2) is 0 Å². The average Bonchev–Trinajstić information content (AvgIpc) is 2.83. The van der Waals surface area contributed by atoms with Crippen LogP contribution in [0, 0.1) is 0 Å². The molecule has 2 rings (SSSR count). The molecule has 0 saturated carbocycles. The molecule has 3 N–H and O–H groups in total. The summed E-state index contributed by atoms with van der Waals surface area (Å²) < 4.78 is 10.6. The van der Waals surface area contributed by atoms with E-state index in [0.717, 1.165) is 6.42 Å². The first-order chi connectivity index (χ1) is 16.8. The van der Waals surface area contributed by atoms with Gasteiger partial charge in [-0.2, -0.15) is 0 Å². The summed E-state index contributed by atoms with van der Waals surface area (Å²) in [4.78, 5) is 35.6. The van der Waals surface area contributed by atoms with E-state index in [1.54, 1.807) is 18.2 Å². The van der Waals surface area contributed by atoms with Crippen molar-refractivity contribution < 1.29 is 23.9 Å². The first-order valence-electron chi connectivity index (χ1n) is 11.0. The van der Waals surface area contributed by atoms with Gasteiger partial charge in [-0.3, -0.25) is 25.2 Å². The van der Waals surface area contributed by atoms with Gasteiger partial charge in [0.2, 0.25) is 11.8 Å². The van der Waals surface area contributed by atoms with Crippen molar-refractivity contribution in [1.29, 1.82) is 0 Å². The summed E-state index contributed by atoms with van der Waals surface area (Å²) in [7, 11) is 0. The van der Waals surface area contributed by atoms with Gasteiger partial charge < -0.3 is 14.8 Å². The van der Waals surface area contributed by atoms with E-state index >= 15 is 0 Å². The summed E-state index contributed by atoms with van der Waals surface area (Å²) in [6.07, 6.45) is 1.95. The van der Waals surface area contributed by atoms with E-state index < -0.39 is 11.9 Å². The fourth-order valence-electron chi connectivity index (χ4n) is 2.81. The van der Waals surface area contributed by atoms with Crippen LogP contribution in [0.25, 0.3) is 0 Å². The second-order valence-corrected chi connectivity index (χ2v) is 8.64. The van der Waals surface area contributed by atoms with E-state index in [1.165, 1.54) is 5.56 Å². The summed E-state index contributed by atoms with van der Waals surface area (Å²) in [5, 5.41) is 3.20. The molecule has 8 nitrogen and oxygen atoms in total. The summed E-state index contributed by atoms with van der Waals surface area (Å²) in [5.41, 5.74) is 6.00. The Hall–Kier alpha value is -2.88. The van der Waals surface area contributed by atoms with Crippen LogP contribution in [0.5, 0.6) is 5.75 Å². The molecule has 0 fully saturated rings. The quantitative estimate of drug-likeness (QED) is 0.161. The number of hydrogen-bond donors (Lipinski definition) is 3. The summed E-state index contributed by atoms with van der Waals surface area (Å²) in [6.45, 7) is 0.567. The average molecular weight is 540 g/mol. The number of esters is 1. The van der Waals surface area contributed by atoms with Crippen molar-refractivity contribution in [2.24, 2.45) is 0 Å². The molecule has 0 bridgehead atoms.